The van der Waals surface area contributed by atoms with Crippen molar-refractivity contribution in [3.8, 4) is 0 Å². The van der Waals surface area contributed by atoms with E-state index in [1.807, 2.05) is 35.2 Å². The number of nitrogens with one attached hydrogen (secondary N) is 1. The maximum absolute atomic E-state index is 12.7. The number of rotatable bonds is 6. The van der Waals surface area contributed by atoms with Gasteiger partial charge in [-0.3, -0.25) is 10.2 Å². The standard InChI is InChI=1S/C26H27N3O/c1-18(15-19-5-3-2-4-6-19)22-11-13-24-23(16-22)12-14-25(30)29(24)17-20-7-9-21(10-8-20)26(27)28/h2-11,13,16,18H,12,14-15,17H2,1H3,(H3,27,28). The van der Waals surface area contributed by atoms with Crippen LogP contribution in [0.4, 0.5) is 5.69 Å². The summed E-state index contributed by atoms with van der Waals surface area (Å²) in [7, 11) is 0. The van der Waals surface area contributed by atoms with Gasteiger partial charge in [-0.25, -0.2) is 0 Å². The van der Waals surface area contributed by atoms with E-state index in [4.69, 9.17) is 11.1 Å². The van der Waals surface area contributed by atoms with Crippen molar-refractivity contribution in [2.45, 2.75) is 38.6 Å². The van der Waals surface area contributed by atoms with E-state index < -0.39 is 0 Å². The van der Waals surface area contributed by atoms with E-state index in [0.29, 0.717) is 24.4 Å². The van der Waals surface area contributed by atoms with Gasteiger partial charge in [-0.15, -0.1) is 0 Å². The lowest BCUT2D eigenvalue weighted by atomic mass is 9.90. The minimum atomic E-state index is 0.0538. The highest BCUT2D eigenvalue weighted by molar-refractivity contribution is 5.97. The number of aryl methyl sites for hydroxylation is 1. The molecule has 1 atom stereocenters. The van der Waals surface area contributed by atoms with Crippen LogP contribution in [0, 0.1) is 5.41 Å². The van der Waals surface area contributed by atoms with Crippen LogP contribution in [0.3, 0.4) is 0 Å². The molecule has 0 radical (unpaired) electrons. The molecular formula is C26H27N3O. The van der Waals surface area contributed by atoms with Gasteiger partial charge in [0.15, 0.2) is 0 Å². The van der Waals surface area contributed by atoms with Crippen LogP contribution in [-0.2, 0) is 24.2 Å². The minimum Gasteiger partial charge on any atom is -0.384 e. The fraction of sp³-hybridized carbons (Fsp3) is 0.231. The van der Waals surface area contributed by atoms with Gasteiger partial charge >= 0.3 is 0 Å². The Morgan fingerprint density at radius 2 is 1.73 bits per heavy atom. The lowest BCUT2D eigenvalue weighted by molar-refractivity contribution is -0.119. The first kappa shape index (κ1) is 19.9. The second kappa shape index (κ2) is 8.54. The maximum atomic E-state index is 12.7. The van der Waals surface area contributed by atoms with Crippen molar-refractivity contribution >= 4 is 17.4 Å². The Labute approximate surface area is 177 Å². The summed E-state index contributed by atoms with van der Waals surface area (Å²) in [4.78, 5) is 14.6. The van der Waals surface area contributed by atoms with E-state index in [1.165, 1.54) is 16.7 Å². The normalized spacial score (nSPS) is 14.3. The van der Waals surface area contributed by atoms with Gasteiger partial charge < -0.3 is 10.6 Å². The summed E-state index contributed by atoms with van der Waals surface area (Å²) in [6, 6.07) is 24.7. The molecule has 1 heterocycles. The number of nitrogens with two attached hydrogens (primary N) is 1. The van der Waals surface area contributed by atoms with Crippen molar-refractivity contribution in [3.63, 3.8) is 0 Å². The summed E-state index contributed by atoms with van der Waals surface area (Å²) in [6.45, 7) is 2.79. The largest absolute Gasteiger partial charge is 0.384 e. The molecule has 1 amide bonds. The van der Waals surface area contributed by atoms with E-state index >= 15 is 0 Å². The van der Waals surface area contributed by atoms with Crippen molar-refractivity contribution in [2.75, 3.05) is 4.90 Å². The van der Waals surface area contributed by atoms with Crippen LogP contribution in [0.1, 0.15) is 47.1 Å². The first-order valence-corrected chi connectivity index (χ1v) is 10.4. The lowest BCUT2D eigenvalue weighted by Crippen LogP contribution is -2.34. The van der Waals surface area contributed by atoms with Crippen molar-refractivity contribution in [3.05, 3.63) is 101 Å². The van der Waals surface area contributed by atoms with E-state index in [0.717, 1.165) is 24.1 Å². The number of carbonyl (C=O) groups is 1. The SMILES string of the molecule is CC(Cc1ccccc1)c1ccc2c(c1)CCC(=O)N2Cc1ccc(C(=N)N)cc1. The van der Waals surface area contributed by atoms with E-state index in [9.17, 15) is 4.79 Å². The molecule has 0 saturated heterocycles. The Bertz CT molecular complexity index is 1060. The average Bonchev–Trinajstić information content (AvgIpc) is 2.76. The smallest absolute Gasteiger partial charge is 0.227 e. The number of hydrogen-bond donors (Lipinski definition) is 2. The molecule has 0 bridgehead atoms. The third-order valence-electron chi connectivity index (χ3n) is 5.86. The number of amides is 1. The predicted octanol–water partition coefficient (Wildman–Crippen LogP) is 4.80. The first-order valence-electron chi connectivity index (χ1n) is 10.4. The molecule has 4 rings (SSSR count). The summed E-state index contributed by atoms with van der Waals surface area (Å²) in [6.07, 6.45) is 2.33. The van der Waals surface area contributed by atoms with E-state index in [1.54, 1.807) is 0 Å². The number of fused-ring (bicyclic) bond motifs is 1. The van der Waals surface area contributed by atoms with Crippen LogP contribution in [-0.4, -0.2) is 11.7 Å². The second-order valence-corrected chi connectivity index (χ2v) is 8.07. The predicted molar refractivity (Wildman–Crippen MR) is 122 cm³/mol. The number of nitrogen functional groups attached to an aromatic ring is 1. The van der Waals surface area contributed by atoms with Crippen LogP contribution >= 0.6 is 0 Å². The summed E-state index contributed by atoms with van der Waals surface area (Å²) in [5, 5.41) is 7.53. The molecule has 1 unspecified atom stereocenters. The Morgan fingerprint density at radius 3 is 2.43 bits per heavy atom. The fourth-order valence-corrected chi connectivity index (χ4v) is 4.12. The zero-order valence-corrected chi connectivity index (χ0v) is 17.3. The summed E-state index contributed by atoms with van der Waals surface area (Å²) < 4.78 is 0. The van der Waals surface area contributed by atoms with Gasteiger partial charge in [0, 0.05) is 17.7 Å². The van der Waals surface area contributed by atoms with Crippen molar-refractivity contribution in [2.24, 2.45) is 5.73 Å². The van der Waals surface area contributed by atoms with Crippen molar-refractivity contribution in [1.82, 2.24) is 0 Å². The number of carbonyl (C=O) groups excluding carboxylic acids is 1. The Hall–Kier alpha value is -3.40. The Kier molecular flexibility index (Phi) is 5.66. The minimum absolute atomic E-state index is 0.0538. The number of amidine groups is 1. The fourth-order valence-electron chi connectivity index (χ4n) is 4.12. The molecular weight excluding hydrogens is 370 g/mol. The highest BCUT2D eigenvalue weighted by atomic mass is 16.2. The van der Waals surface area contributed by atoms with Gasteiger partial charge in [0.2, 0.25) is 5.91 Å². The van der Waals surface area contributed by atoms with Gasteiger partial charge in [-0.05, 0) is 47.1 Å². The third-order valence-corrected chi connectivity index (χ3v) is 5.86. The highest BCUT2D eigenvalue weighted by Gasteiger charge is 2.25. The van der Waals surface area contributed by atoms with Gasteiger partial charge in [-0.1, -0.05) is 73.7 Å². The summed E-state index contributed by atoms with van der Waals surface area (Å²) >= 11 is 0. The van der Waals surface area contributed by atoms with Crippen molar-refractivity contribution in [1.29, 1.82) is 5.41 Å². The first-order chi connectivity index (χ1) is 14.5. The molecule has 1 aliphatic heterocycles. The number of hydrogen-bond acceptors (Lipinski definition) is 2. The molecule has 4 nitrogen and oxygen atoms in total. The molecule has 0 aromatic heterocycles. The van der Waals surface area contributed by atoms with Gasteiger partial charge in [0.25, 0.3) is 0 Å². The zero-order chi connectivity index (χ0) is 21.1. The molecule has 0 aliphatic carbocycles. The molecule has 0 spiro atoms. The molecule has 0 saturated carbocycles. The van der Waals surface area contributed by atoms with E-state index in [2.05, 4.69) is 49.4 Å². The van der Waals surface area contributed by atoms with Gasteiger partial charge in [0.1, 0.15) is 5.84 Å². The molecule has 0 fully saturated rings. The topological polar surface area (TPSA) is 70.2 Å². The average molecular weight is 398 g/mol. The van der Waals surface area contributed by atoms with Crippen LogP contribution < -0.4 is 10.6 Å². The number of nitrogens with zero attached hydrogens (tertiary/aromatic N) is 1. The lowest BCUT2D eigenvalue weighted by Gasteiger charge is -2.30. The van der Waals surface area contributed by atoms with Crippen LogP contribution in [0.5, 0.6) is 0 Å². The molecule has 4 heteroatoms. The zero-order valence-electron chi connectivity index (χ0n) is 17.3. The molecule has 3 N–H and O–H groups in total. The van der Waals surface area contributed by atoms with Gasteiger partial charge in [0.05, 0.1) is 6.54 Å². The third kappa shape index (κ3) is 4.28. The van der Waals surface area contributed by atoms with Crippen LogP contribution in [0.25, 0.3) is 0 Å². The highest BCUT2D eigenvalue weighted by Crippen LogP contribution is 2.33. The summed E-state index contributed by atoms with van der Waals surface area (Å²) in [5.41, 5.74) is 12.2. The van der Waals surface area contributed by atoms with Crippen LogP contribution in [0.2, 0.25) is 0 Å². The van der Waals surface area contributed by atoms with E-state index in [-0.39, 0.29) is 11.7 Å². The van der Waals surface area contributed by atoms with Crippen molar-refractivity contribution < 1.29 is 4.79 Å². The second-order valence-electron chi connectivity index (χ2n) is 8.07. The number of anilines is 1. The molecule has 1 aliphatic rings. The molecule has 152 valence electrons. The maximum Gasteiger partial charge on any atom is 0.227 e. The number of benzene rings is 3. The van der Waals surface area contributed by atoms with Crippen LogP contribution in [0.15, 0.2) is 72.8 Å². The monoisotopic (exact) mass is 397 g/mol. The van der Waals surface area contributed by atoms with Gasteiger partial charge in [-0.2, -0.15) is 0 Å². The Morgan fingerprint density at radius 1 is 1.00 bits per heavy atom. The molecule has 30 heavy (non-hydrogen) atoms. The Balaban J connectivity index is 1.54. The quantitative estimate of drug-likeness (QED) is 0.463. The molecule has 3 aromatic carbocycles. The molecule has 3 aromatic rings. The summed E-state index contributed by atoms with van der Waals surface area (Å²) in [5.74, 6) is 0.629.